The fourth-order valence-corrected chi connectivity index (χ4v) is 2.98. The van der Waals surface area contributed by atoms with Crippen molar-refractivity contribution >= 4 is 23.5 Å². The third-order valence-electron chi connectivity index (χ3n) is 4.48. The highest BCUT2D eigenvalue weighted by Crippen LogP contribution is 2.49. The predicted octanol–water partition coefficient (Wildman–Crippen LogP) is 3.68. The number of nitrogens with one attached hydrogen (secondary N) is 1. The van der Waals surface area contributed by atoms with Gasteiger partial charge in [-0.05, 0) is 48.6 Å². The monoisotopic (exact) mass is 343 g/mol. The first-order chi connectivity index (χ1) is 11.5. The number of amides is 1. The molecule has 0 spiro atoms. The molecular formula is C19H18ClNO3. The van der Waals surface area contributed by atoms with Gasteiger partial charge in [0.2, 0.25) is 5.91 Å². The fraction of sp³-hybridized carbons (Fsp3) is 0.263. The van der Waals surface area contributed by atoms with Crippen molar-refractivity contribution in [1.29, 1.82) is 0 Å². The van der Waals surface area contributed by atoms with Gasteiger partial charge in [0.25, 0.3) is 0 Å². The number of carbonyl (C=O) groups is 2. The van der Waals surface area contributed by atoms with Crippen molar-refractivity contribution in [3.8, 4) is 0 Å². The molecule has 2 aromatic rings. The van der Waals surface area contributed by atoms with Crippen LogP contribution in [-0.2, 0) is 17.8 Å². The summed E-state index contributed by atoms with van der Waals surface area (Å²) in [6.07, 6.45) is 2.38. The molecule has 0 atom stereocenters. The second-order valence-corrected chi connectivity index (χ2v) is 6.64. The van der Waals surface area contributed by atoms with E-state index in [9.17, 15) is 9.59 Å². The zero-order chi connectivity index (χ0) is 17.2. The van der Waals surface area contributed by atoms with Crippen LogP contribution in [0.3, 0.4) is 0 Å². The number of carboxylic acids is 1. The molecule has 5 heteroatoms. The molecular weight excluding hydrogens is 326 g/mol. The zero-order valence-corrected chi connectivity index (χ0v) is 13.8. The van der Waals surface area contributed by atoms with Crippen LogP contribution in [-0.4, -0.2) is 17.0 Å². The summed E-state index contributed by atoms with van der Waals surface area (Å²) in [4.78, 5) is 23.4. The van der Waals surface area contributed by atoms with E-state index in [0.717, 1.165) is 24.0 Å². The molecule has 24 heavy (non-hydrogen) atoms. The number of benzene rings is 2. The van der Waals surface area contributed by atoms with Crippen LogP contribution in [0.4, 0.5) is 0 Å². The van der Waals surface area contributed by atoms with Gasteiger partial charge in [-0.2, -0.15) is 0 Å². The molecule has 2 N–H and O–H groups in total. The van der Waals surface area contributed by atoms with E-state index >= 15 is 0 Å². The highest BCUT2D eigenvalue weighted by atomic mass is 35.5. The summed E-state index contributed by atoms with van der Waals surface area (Å²) in [7, 11) is 0. The summed E-state index contributed by atoms with van der Waals surface area (Å²) in [5, 5.41) is 12.5. The second kappa shape index (κ2) is 6.65. The van der Waals surface area contributed by atoms with Crippen molar-refractivity contribution in [3.05, 3.63) is 70.2 Å². The SMILES string of the molecule is O=C(O)c1ccc(CNC(=O)C2(Cc3ccccc3Cl)CC2)cc1. The summed E-state index contributed by atoms with van der Waals surface area (Å²) >= 11 is 6.20. The van der Waals surface area contributed by atoms with Gasteiger partial charge in [-0.25, -0.2) is 4.79 Å². The normalized spacial score (nSPS) is 14.9. The van der Waals surface area contributed by atoms with Crippen LogP contribution in [0.1, 0.15) is 34.3 Å². The van der Waals surface area contributed by atoms with Gasteiger partial charge in [0, 0.05) is 11.6 Å². The standard InChI is InChI=1S/C19H18ClNO3/c20-16-4-2-1-3-15(16)11-19(9-10-19)18(24)21-12-13-5-7-14(8-6-13)17(22)23/h1-8H,9-12H2,(H,21,24)(H,22,23). The molecule has 1 aliphatic carbocycles. The minimum absolute atomic E-state index is 0.0322. The highest BCUT2D eigenvalue weighted by Gasteiger charge is 2.49. The van der Waals surface area contributed by atoms with E-state index in [1.807, 2.05) is 24.3 Å². The van der Waals surface area contributed by atoms with Gasteiger partial charge < -0.3 is 10.4 Å². The van der Waals surface area contributed by atoms with Gasteiger partial charge in [-0.1, -0.05) is 41.9 Å². The highest BCUT2D eigenvalue weighted by molar-refractivity contribution is 6.31. The van der Waals surface area contributed by atoms with Crippen LogP contribution in [0.25, 0.3) is 0 Å². The van der Waals surface area contributed by atoms with Crippen LogP contribution in [0.2, 0.25) is 5.02 Å². The maximum Gasteiger partial charge on any atom is 0.335 e. The lowest BCUT2D eigenvalue weighted by Crippen LogP contribution is -2.33. The molecule has 2 aromatic carbocycles. The number of aromatic carboxylic acids is 1. The van der Waals surface area contributed by atoms with Gasteiger partial charge in [0.1, 0.15) is 0 Å². The lowest BCUT2D eigenvalue weighted by Gasteiger charge is -2.16. The third kappa shape index (κ3) is 3.60. The van der Waals surface area contributed by atoms with E-state index in [1.165, 1.54) is 0 Å². The molecule has 4 nitrogen and oxygen atoms in total. The van der Waals surface area contributed by atoms with Crippen LogP contribution in [0.5, 0.6) is 0 Å². The second-order valence-electron chi connectivity index (χ2n) is 6.23. The summed E-state index contributed by atoms with van der Waals surface area (Å²) in [5.41, 5.74) is 1.76. The van der Waals surface area contributed by atoms with E-state index in [1.54, 1.807) is 24.3 Å². The topological polar surface area (TPSA) is 66.4 Å². The molecule has 0 aromatic heterocycles. The Labute approximate surface area is 145 Å². The van der Waals surface area contributed by atoms with Gasteiger partial charge in [0.05, 0.1) is 11.0 Å². The number of hydrogen-bond donors (Lipinski definition) is 2. The molecule has 0 aliphatic heterocycles. The molecule has 0 radical (unpaired) electrons. The number of carbonyl (C=O) groups excluding carboxylic acids is 1. The first-order valence-corrected chi connectivity index (χ1v) is 8.22. The van der Waals surface area contributed by atoms with Crippen molar-refractivity contribution in [1.82, 2.24) is 5.32 Å². The van der Waals surface area contributed by atoms with E-state index in [-0.39, 0.29) is 16.9 Å². The van der Waals surface area contributed by atoms with Crippen LogP contribution >= 0.6 is 11.6 Å². The van der Waals surface area contributed by atoms with Gasteiger partial charge in [-0.15, -0.1) is 0 Å². The van der Waals surface area contributed by atoms with Gasteiger partial charge >= 0.3 is 5.97 Å². The maximum absolute atomic E-state index is 12.5. The average Bonchev–Trinajstić information content (AvgIpc) is 3.36. The van der Waals surface area contributed by atoms with Crippen LogP contribution in [0, 0.1) is 5.41 Å². The summed E-state index contributed by atoms with van der Waals surface area (Å²) in [5.74, 6) is -0.924. The first-order valence-electron chi connectivity index (χ1n) is 7.84. The molecule has 1 fully saturated rings. The van der Waals surface area contributed by atoms with E-state index in [4.69, 9.17) is 16.7 Å². The Morgan fingerprint density at radius 2 is 1.75 bits per heavy atom. The Morgan fingerprint density at radius 3 is 2.33 bits per heavy atom. The van der Waals surface area contributed by atoms with Crippen LogP contribution < -0.4 is 5.32 Å². The van der Waals surface area contributed by atoms with E-state index < -0.39 is 5.97 Å². The molecule has 1 aliphatic rings. The predicted molar refractivity (Wildman–Crippen MR) is 92.1 cm³/mol. The minimum Gasteiger partial charge on any atom is -0.478 e. The summed E-state index contributed by atoms with van der Waals surface area (Å²) in [6.45, 7) is 0.392. The number of rotatable bonds is 6. The third-order valence-corrected chi connectivity index (χ3v) is 4.84. The van der Waals surface area contributed by atoms with Crippen molar-refractivity contribution < 1.29 is 14.7 Å². The van der Waals surface area contributed by atoms with Crippen LogP contribution in [0.15, 0.2) is 48.5 Å². The Morgan fingerprint density at radius 1 is 1.08 bits per heavy atom. The molecule has 0 heterocycles. The Bertz CT molecular complexity index is 766. The Balaban J connectivity index is 1.60. The summed E-state index contributed by atoms with van der Waals surface area (Å²) < 4.78 is 0. The number of carboxylic acid groups (broad SMARTS) is 1. The Kier molecular flexibility index (Phi) is 4.58. The van der Waals surface area contributed by atoms with E-state index in [2.05, 4.69) is 5.32 Å². The molecule has 1 saturated carbocycles. The lowest BCUT2D eigenvalue weighted by atomic mass is 9.95. The van der Waals surface area contributed by atoms with Gasteiger partial charge in [-0.3, -0.25) is 4.79 Å². The van der Waals surface area contributed by atoms with Crippen molar-refractivity contribution in [2.75, 3.05) is 0 Å². The fourth-order valence-electron chi connectivity index (χ4n) is 2.78. The molecule has 124 valence electrons. The molecule has 0 unspecified atom stereocenters. The van der Waals surface area contributed by atoms with Crippen molar-refractivity contribution in [2.45, 2.75) is 25.8 Å². The van der Waals surface area contributed by atoms with Gasteiger partial charge in [0.15, 0.2) is 0 Å². The Hall–Kier alpha value is -2.33. The number of halogens is 1. The average molecular weight is 344 g/mol. The lowest BCUT2D eigenvalue weighted by molar-refractivity contribution is -0.126. The summed E-state index contributed by atoms with van der Waals surface area (Å²) in [6, 6.07) is 14.1. The number of hydrogen-bond acceptors (Lipinski definition) is 2. The quantitative estimate of drug-likeness (QED) is 0.840. The minimum atomic E-state index is -0.956. The maximum atomic E-state index is 12.5. The molecule has 1 amide bonds. The molecule has 3 rings (SSSR count). The largest absolute Gasteiger partial charge is 0.478 e. The smallest absolute Gasteiger partial charge is 0.335 e. The molecule has 0 bridgehead atoms. The zero-order valence-electron chi connectivity index (χ0n) is 13.1. The van der Waals surface area contributed by atoms with Crippen molar-refractivity contribution in [2.24, 2.45) is 5.41 Å². The van der Waals surface area contributed by atoms with Crippen molar-refractivity contribution in [3.63, 3.8) is 0 Å². The van der Waals surface area contributed by atoms with E-state index in [0.29, 0.717) is 18.0 Å². The molecule has 0 saturated heterocycles. The first kappa shape index (κ1) is 16.5.